The van der Waals surface area contributed by atoms with Gasteiger partial charge in [0.05, 0.1) is 6.54 Å². The standard InChI is InChI=1S/C14H26N2O3/c1-5-8-15-12(17)10-16-9-6-7-11(16)13(18)19-14(2,3)4/h11H,5-10H2,1-4H3,(H,15,17)/t11-/m0/s1. The van der Waals surface area contributed by atoms with Gasteiger partial charge < -0.3 is 10.1 Å². The molecule has 0 aromatic carbocycles. The van der Waals surface area contributed by atoms with Crippen LogP contribution in [0.5, 0.6) is 0 Å². The zero-order chi connectivity index (χ0) is 14.5. The number of nitrogens with zero attached hydrogens (tertiary/aromatic N) is 1. The van der Waals surface area contributed by atoms with Crippen molar-refractivity contribution in [2.24, 2.45) is 0 Å². The molecule has 0 aliphatic carbocycles. The van der Waals surface area contributed by atoms with E-state index in [0.29, 0.717) is 6.54 Å². The number of rotatable bonds is 5. The summed E-state index contributed by atoms with van der Waals surface area (Å²) >= 11 is 0. The van der Waals surface area contributed by atoms with Crippen molar-refractivity contribution >= 4 is 11.9 Å². The number of ether oxygens (including phenoxy) is 1. The summed E-state index contributed by atoms with van der Waals surface area (Å²) in [5, 5.41) is 2.83. The maximum absolute atomic E-state index is 12.1. The minimum absolute atomic E-state index is 0.0164. The van der Waals surface area contributed by atoms with Crippen molar-refractivity contribution in [3.05, 3.63) is 0 Å². The van der Waals surface area contributed by atoms with Crippen LogP contribution in [-0.2, 0) is 14.3 Å². The van der Waals surface area contributed by atoms with Crippen molar-refractivity contribution in [2.75, 3.05) is 19.6 Å². The second kappa shape index (κ2) is 6.89. The van der Waals surface area contributed by atoms with Gasteiger partial charge in [-0.15, -0.1) is 0 Å². The Bertz CT molecular complexity index is 323. The highest BCUT2D eigenvalue weighted by Gasteiger charge is 2.34. The first-order valence-electron chi connectivity index (χ1n) is 7.07. The van der Waals surface area contributed by atoms with E-state index in [9.17, 15) is 9.59 Å². The molecule has 1 fully saturated rings. The molecule has 1 N–H and O–H groups in total. The van der Waals surface area contributed by atoms with E-state index in [0.717, 1.165) is 25.8 Å². The van der Waals surface area contributed by atoms with Gasteiger partial charge >= 0.3 is 5.97 Å². The van der Waals surface area contributed by atoms with Crippen LogP contribution in [0.1, 0.15) is 47.0 Å². The Labute approximate surface area is 115 Å². The summed E-state index contributed by atoms with van der Waals surface area (Å²) in [6.07, 6.45) is 2.63. The fourth-order valence-corrected chi connectivity index (χ4v) is 2.16. The topological polar surface area (TPSA) is 58.6 Å². The second-order valence-corrected chi connectivity index (χ2v) is 6.01. The molecular formula is C14H26N2O3. The van der Waals surface area contributed by atoms with Gasteiger partial charge in [0.15, 0.2) is 0 Å². The van der Waals surface area contributed by atoms with Gasteiger partial charge in [-0.1, -0.05) is 6.92 Å². The molecule has 110 valence electrons. The first-order valence-corrected chi connectivity index (χ1v) is 7.07. The average Bonchev–Trinajstić information content (AvgIpc) is 2.72. The third-order valence-corrected chi connectivity index (χ3v) is 2.96. The van der Waals surface area contributed by atoms with E-state index >= 15 is 0 Å². The first kappa shape index (κ1) is 16.0. The molecule has 0 aromatic heterocycles. The van der Waals surface area contributed by atoms with Crippen LogP contribution in [-0.4, -0.2) is 48.1 Å². The lowest BCUT2D eigenvalue weighted by atomic mass is 10.1. The molecule has 19 heavy (non-hydrogen) atoms. The molecule has 5 nitrogen and oxygen atoms in total. The van der Waals surface area contributed by atoms with Gasteiger partial charge in [-0.2, -0.15) is 0 Å². The van der Waals surface area contributed by atoms with Crippen LogP contribution in [0.2, 0.25) is 0 Å². The summed E-state index contributed by atoms with van der Waals surface area (Å²) in [5.41, 5.74) is -0.476. The highest BCUT2D eigenvalue weighted by molar-refractivity contribution is 5.81. The van der Waals surface area contributed by atoms with E-state index < -0.39 is 5.60 Å². The molecule has 0 spiro atoms. The van der Waals surface area contributed by atoms with Crippen LogP contribution in [0, 0.1) is 0 Å². The van der Waals surface area contributed by atoms with Crippen molar-refractivity contribution in [1.29, 1.82) is 0 Å². The van der Waals surface area contributed by atoms with Crippen molar-refractivity contribution in [3.8, 4) is 0 Å². The zero-order valence-electron chi connectivity index (χ0n) is 12.5. The van der Waals surface area contributed by atoms with Crippen LogP contribution in [0.15, 0.2) is 0 Å². The molecule has 1 saturated heterocycles. The lowest BCUT2D eigenvalue weighted by molar-refractivity contribution is -0.160. The average molecular weight is 270 g/mol. The summed E-state index contributed by atoms with van der Waals surface area (Å²) in [6.45, 7) is 9.34. The Hall–Kier alpha value is -1.10. The van der Waals surface area contributed by atoms with Crippen LogP contribution in [0.3, 0.4) is 0 Å². The molecule has 0 aromatic rings. The number of hydrogen-bond donors (Lipinski definition) is 1. The first-order chi connectivity index (χ1) is 8.83. The lowest BCUT2D eigenvalue weighted by Crippen LogP contribution is -2.45. The molecule has 0 radical (unpaired) electrons. The van der Waals surface area contributed by atoms with Crippen LogP contribution >= 0.6 is 0 Å². The highest BCUT2D eigenvalue weighted by atomic mass is 16.6. The van der Waals surface area contributed by atoms with Crippen molar-refractivity contribution < 1.29 is 14.3 Å². The van der Waals surface area contributed by atoms with Crippen LogP contribution in [0.25, 0.3) is 0 Å². The molecule has 0 unspecified atom stereocenters. The maximum atomic E-state index is 12.1. The number of carbonyl (C=O) groups excluding carboxylic acids is 2. The Morgan fingerprint density at radius 3 is 2.63 bits per heavy atom. The predicted octanol–water partition coefficient (Wildman–Crippen LogP) is 1.32. The number of esters is 1. The minimum Gasteiger partial charge on any atom is -0.459 e. The predicted molar refractivity (Wildman–Crippen MR) is 73.7 cm³/mol. The smallest absolute Gasteiger partial charge is 0.323 e. The Balaban J connectivity index is 2.49. The molecule has 1 heterocycles. The molecule has 0 saturated carbocycles. The third-order valence-electron chi connectivity index (χ3n) is 2.96. The summed E-state index contributed by atoms with van der Waals surface area (Å²) in [7, 11) is 0. The van der Waals surface area contributed by atoms with Gasteiger partial charge in [-0.05, 0) is 46.6 Å². The number of nitrogens with one attached hydrogen (secondary N) is 1. The van der Waals surface area contributed by atoms with Gasteiger partial charge in [-0.25, -0.2) is 0 Å². The summed E-state index contributed by atoms with van der Waals surface area (Å²) in [5.74, 6) is -0.231. The summed E-state index contributed by atoms with van der Waals surface area (Å²) in [4.78, 5) is 25.7. The Morgan fingerprint density at radius 2 is 2.05 bits per heavy atom. The van der Waals surface area contributed by atoms with Crippen LogP contribution < -0.4 is 5.32 Å². The lowest BCUT2D eigenvalue weighted by Gasteiger charge is -2.26. The van der Waals surface area contributed by atoms with Gasteiger partial charge in [0.1, 0.15) is 11.6 Å². The zero-order valence-corrected chi connectivity index (χ0v) is 12.5. The number of hydrogen-bond acceptors (Lipinski definition) is 4. The van der Waals surface area contributed by atoms with Gasteiger partial charge in [-0.3, -0.25) is 14.5 Å². The molecule has 1 amide bonds. The maximum Gasteiger partial charge on any atom is 0.323 e. The van der Waals surface area contributed by atoms with Gasteiger partial charge in [0.25, 0.3) is 0 Å². The highest BCUT2D eigenvalue weighted by Crippen LogP contribution is 2.20. The molecule has 1 aliphatic heterocycles. The van der Waals surface area contributed by atoms with Gasteiger partial charge in [0, 0.05) is 6.54 Å². The van der Waals surface area contributed by atoms with Crippen LogP contribution in [0.4, 0.5) is 0 Å². The second-order valence-electron chi connectivity index (χ2n) is 6.01. The van der Waals surface area contributed by atoms with E-state index in [1.807, 2.05) is 32.6 Å². The van der Waals surface area contributed by atoms with E-state index in [2.05, 4.69) is 5.32 Å². The fourth-order valence-electron chi connectivity index (χ4n) is 2.16. The molecule has 1 rings (SSSR count). The van der Waals surface area contributed by atoms with E-state index in [-0.39, 0.29) is 24.5 Å². The Kier molecular flexibility index (Phi) is 5.79. The van der Waals surface area contributed by atoms with E-state index in [1.54, 1.807) is 0 Å². The normalized spacial score (nSPS) is 20.3. The third kappa shape index (κ3) is 5.59. The fraction of sp³-hybridized carbons (Fsp3) is 0.857. The summed E-state index contributed by atoms with van der Waals surface area (Å²) < 4.78 is 5.40. The van der Waals surface area contributed by atoms with Crippen molar-refractivity contribution in [2.45, 2.75) is 58.6 Å². The Morgan fingerprint density at radius 1 is 1.37 bits per heavy atom. The van der Waals surface area contributed by atoms with E-state index in [4.69, 9.17) is 4.74 Å². The number of amides is 1. The molecule has 0 bridgehead atoms. The van der Waals surface area contributed by atoms with Crippen molar-refractivity contribution in [3.63, 3.8) is 0 Å². The summed E-state index contributed by atoms with van der Waals surface area (Å²) in [6, 6.07) is -0.272. The van der Waals surface area contributed by atoms with Crippen molar-refractivity contribution in [1.82, 2.24) is 10.2 Å². The number of likely N-dealkylation sites (tertiary alicyclic amines) is 1. The van der Waals surface area contributed by atoms with Gasteiger partial charge in [0.2, 0.25) is 5.91 Å². The quantitative estimate of drug-likeness (QED) is 0.765. The largest absolute Gasteiger partial charge is 0.459 e. The minimum atomic E-state index is -0.476. The number of carbonyl (C=O) groups is 2. The van der Waals surface area contributed by atoms with E-state index in [1.165, 1.54) is 0 Å². The molecule has 1 atom stereocenters. The molecule has 5 heteroatoms. The molecule has 1 aliphatic rings. The molecular weight excluding hydrogens is 244 g/mol. The monoisotopic (exact) mass is 270 g/mol. The SMILES string of the molecule is CCCNC(=O)CN1CCC[C@H]1C(=O)OC(C)(C)C.